The maximum absolute atomic E-state index is 12.8. The van der Waals surface area contributed by atoms with Crippen molar-refractivity contribution in [2.75, 3.05) is 13.2 Å². The van der Waals surface area contributed by atoms with E-state index in [2.05, 4.69) is 4.98 Å². The zero-order valence-corrected chi connectivity index (χ0v) is 16.1. The first-order chi connectivity index (χ1) is 12.4. The molecule has 1 atom stereocenters. The summed E-state index contributed by atoms with van der Waals surface area (Å²) in [6.45, 7) is 6.46. The fourth-order valence-electron chi connectivity index (χ4n) is 3.37. The standard InChI is InChI=1S/C18H23N3O4S/c1-4-25-18(24)15-12(3)14-16(26-15)19-10-20(17(14)23)9-13(22)21-8-6-5-7-11(21)2/h10-11H,4-9H2,1-3H3/t11-/m0/s1. The van der Waals surface area contributed by atoms with Crippen LogP contribution < -0.4 is 5.56 Å². The molecule has 0 unspecified atom stereocenters. The second-order valence-electron chi connectivity index (χ2n) is 6.57. The van der Waals surface area contributed by atoms with Gasteiger partial charge in [-0.3, -0.25) is 14.2 Å². The number of ether oxygens (including phenoxy) is 1. The number of carbonyl (C=O) groups is 2. The summed E-state index contributed by atoms with van der Waals surface area (Å²) in [7, 11) is 0. The molecule has 1 fully saturated rings. The van der Waals surface area contributed by atoms with Crippen molar-refractivity contribution in [3.05, 3.63) is 27.1 Å². The zero-order valence-electron chi connectivity index (χ0n) is 15.3. The van der Waals surface area contributed by atoms with Gasteiger partial charge >= 0.3 is 5.97 Å². The predicted octanol–water partition coefficient (Wildman–Crippen LogP) is 2.34. The lowest BCUT2D eigenvalue weighted by molar-refractivity contribution is -0.135. The van der Waals surface area contributed by atoms with Crippen LogP contribution in [0.4, 0.5) is 0 Å². The third-order valence-corrected chi connectivity index (χ3v) is 5.99. The fraction of sp³-hybridized carbons (Fsp3) is 0.556. The van der Waals surface area contributed by atoms with Gasteiger partial charge in [-0.2, -0.15) is 0 Å². The number of hydrogen-bond donors (Lipinski definition) is 0. The van der Waals surface area contributed by atoms with E-state index < -0.39 is 5.97 Å². The third kappa shape index (κ3) is 3.38. The van der Waals surface area contributed by atoms with Gasteiger partial charge in [-0.25, -0.2) is 9.78 Å². The number of hydrogen-bond acceptors (Lipinski definition) is 6. The molecule has 0 N–H and O–H groups in total. The van der Waals surface area contributed by atoms with Crippen LogP contribution in [0.5, 0.6) is 0 Å². The van der Waals surface area contributed by atoms with Gasteiger partial charge in [0.15, 0.2) is 0 Å². The van der Waals surface area contributed by atoms with Crippen LogP contribution in [0.15, 0.2) is 11.1 Å². The van der Waals surface area contributed by atoms with E-state index in [9.17, 15) is 14.4 Å². The van der Waals surface area contributed by atoms with Crippen LogP contribution in [0.1, 0.15) is 48.3 Å². The van der Waals surface area contributed by atoms with Crippen LogP contribution in [-0.4, -0.2) is 45.5 Å². The summed E-state index contributed by atoms with van der Waals surface area (Å²) in [6, 6.07) is 0.196. The van der Waals surface area contributed by atoms with Crippen molar-refractivity contribution in [3.8, 4) is 0 Å². The molecule has 2 aromatic heterocycles. The van der Waals surface area contributed by atoms with E-state index in [0.29, 0.717) is 20.7 Å². The molecule has 2 aromatic rings. The molecule has 1 amide bonds. The van der Waals surface area contributed by atoms with E-state index >= 15 is 0 Å². The molecule has 0 aromatic carbocycles. The molecule has 1 saturated heterocycles. The first-order valence-electron chi connectivity index (χ1n) is 8.89. The number of esters is 1. The van der Waals surface area contributed by atoms with Crippen molar-refractivity contribution in [1.82, 2.24) is 14.5 Å². The van der Waals surface area contributed by atoms with Crippen LogP contribution in [0, 0.1) is 6.92 Å². The van der Waals surface area contributed by atoms with Gasteiger partial charge in [0, 0.05) is 12.6 Å². The molecule has 0 radical (unpaired) electrons. The third-order valence-electron chi connectivity index (χ3n) is 4.81. The highest BCUT2D eigenvalue weighted by Crippen LogP contribution is 2.27. The number of carbonyl (C=O) groups excluding carboxylic acids is 2. The van der Waals surface area contributed by atoms with Gasteiger partial charge in [0.2, 0.25) is 5.91 Å². The lowest BCUT2D eigenvalue weighted by atomic mass is 10.0. The lowest BCUT2D eigenvalue weighted by Gasteiger charge is -2.33. The molecular weight excluding hydrogens is 354 g/mol. The zero-order chi connectivity index (χ0) is 18.8. The van der Waals surface area contributed by atoms with Gasteiger partial charge in [0.25, 0.3) is 5.56 Å². The number of nitrogens with zero attached hydrogens (tertiary/aromatic N) is 3. The van der Waals surface area contributed by atoms with E-state index in [0.717, 1.165) is 37.1 Å². The maximum Gasteiger partial charge on any atom is 0.348 e. The Morgan fingerprint density at radius 2 is 2.15 bits per heavy atom. The van der Waals surface area contributed by atoms with Gasteiger partial charge in [-0.05, 0) is 45.6 Å². The average Bonchev–Trinajstić information content (AvgIpc) is 2.95. The molecule has 1 aliphatic rings. The monoisotopic (exact) mass is 377 g/mol. The van der Waals surface area contributed by atoms with E-state index in [1.165, 1.54) is 10.9 Å². The largest absolute Gasteiger partial charge is 0.462 e. The van der Waals surface area contributed by atoms with Crippen LogP contribution in [-0.2, 0) is 16.1 Å². The molecule has 26 heavy (non-hydrogen) atoms. The number of amides is 1. The van der Waals surface area contributed by atoms with E-state index in [1.807, 2.05) is 11.8 Å². The minimum Gasteiger partial charge on any atom is -0.462 e. The van der Waals surface area contributed by atoms with Gasteiger partial charge in [0.05, 0.1) is 18.3 Å². The topological polar surface area (TPSA) is 81.5 Å². The Balaban J connectivity index is 1.92. The number of rotatable bonds is 4. The highest BCUT2D eigenvalue weighted by atomic mass is 32.1. The van der Waals surface area contributed by atoms with E-state index in [1.54, 1.807) is 13.8 Å². The molecule has 3 rings (SSSR count). The van der Waals surface area contributed by atoms with Crippen molar-refractivity contribution in [1.29, 1.82) is 0 Å². The molecule has 3 heterocycles. The molecule has 7 nitrogen and oxygen atoms in total. The average molecular weight is 377 g/mol. The summed E-state index contributed by atoms with van der Waals surface area (Å²) in [4.78, 5) is 44.5. The molecule has 0 saturated carbocycles. The van der Waals surface area contributed by atoms with Crippen molar-refractivity contribution >= 4 is 33.4 Å². The number of likely N-dealkylation sites (tertiary alicyclic amines) is 1. The number of fused-ring (bicyclic) bond motifs is 1. The number of piperidine rings is 1. The van der Waals surface area contributed by atoms with E-state index in [4.69, 9.17) is 4.74 Å². The summed E-state index contributed by atoms with van der Waals surface area (Å²) < 4.78 is 6.37. The normalized spacial score (nSPS) is 17.5. The first-order valence-corrected chi connectivity index (χ1v) is 9.70. The van der Waals surface area contributed by atoms with Crippen molar-refractivity contribution < 1.29 is 14.3 Å². The quantitative estimate of drug-likeness (QED) is 0.764. The van der Waals surface area contributed by atoms with Crippen LogP contribution >= 0.6 is 11.3 Å². The van der Waals surface area contributed by atoms with Crippen molar-refractivity contribution in [2.45, 2.75) is 52.6 Å². The molecule has 0 aliphatic carbocycles. The minimum atomic E-state index is -0.447. The highest BCUT2D eigenvalue weighted by molar-refractivity contribution is 7.20. The Morgan fingerprint density at radius 3 is 2.85 bits per heavy atom. The van der Waals surface area contributed by atoms with Gasteiger partial charge in [-0.15, -0.1) is 11.3 Å². The Hall–Kier alpha value is -2.22. The van der Waals surface area contributed by atoms with Gasteiger partial charge in [0.1, 0.15) is 16.3 Å². The molecular formula is C18H23N3O4S. The molecule has 1 aliphatic heterocycles. The van der Waals surface area contributed by atoms with E-state index in [-0.39, 0.29) is 30.7 Å². The summed E-state index contributed by atoms with van der Waals surface area (Å²) in [6.07, 6.45) is 4.50. The second kappa shape index (κ2) is 7.57. The van der Waals surface area contributed by atoms with Gasteiger partial charge in [-0.1, -0.05) is 0 Å². The SMILES string of the molecule is CCOC(=O)c1sc2ncn(CC(=O)N3CCCC[C@@H]3C)c(=O)c2c1C. The van der Waals surface area contributed by atoms with Crippen molar-refractivity contribution in [2.24, 2.45) is 0 Å². The number of aryl methyl sites for hydroxylation is 1. The summed E-state index contributed by atoms with van der Waals surface area (Å²) in [5.74, 6) is -0.517. The molecule has 140 valence electrons. The lowest BCUT2D eigenvalue weighted by Crippen LogP contribution is -2.44. The van der Waals surface area contributed by atoms with Crippen LogP contribution in [0.25, 0.3) is 10.2 Å². The number of aromatic nitrogens is 2. The summed E-state index contributed by atoms with van der Waals surface area (Å²) in [5.41, 5.74) is 0.270. The first kappa shape index (κ1) is 18.6. The van der Waals surface area contributed by atoms with Crippen LogP contribution in [0.3, 0.4) is 0 Å². The summed E-state index contributed by atoms with van der Waals surface area (Å²) >= 11 is 1.15. The molecule has 0 bridgehead atoms. The highest BCUT2D eigenvalue weighted by Gasteiger charge is 2.25. The Kier molecular flexibility index (Phi) is 5.41. The fourth-order valence-corrected chi connectivity index (χ4v) is 4.40. The maximum atomic E-state index is 12.8. The number of thiophene rings is 1. The van der Waals surface area contributed by atoms with Crippen LogP contribution in [0.2, 0.25) is 0 Å². The smallest absolute Gasteiger partial charge is 0.348 e. The molecule has 8 heteroatoms. The molecule has 0 spiro atoms. The van der Waals surface area contributed by atoms with Crippen molar-refractivity contribution in [3.63, 3.8) is 0 Å². The Morgan fingerprint density at radius 1 is 1.38 bits per heavy atom. The summed E-state index contributed by atoms with van der Waals surface area (Å²) in [5, 5.41) is 0.389. The minimum absolute atomic E-state index is 0.0316. The second-order valence-corrected chi connectivity index (χ2v) is 7.57. The van der Waals surface area contributed by atoms with Gasteiger partial charge < -0.3 is 9.64 Å². The predicted molar refractivity (Wildman–Crippen MR) is 99.6 cm³/mol. The Labute approximate surface area is 155 Å². The Bertz CT molecular complexity index is 902.